The van der Waals surface area contributed by atoms with Crippen molar-refractivity contribution < 1.29 is 19.1 Å². The average Bonchev–Trinajstić information content (AvgIpc) is 2.70. The number of nitrogens with one attached hydrogen (secondary N) is 2. The lowest BCUT2D eigenvalue weighted by molar-refractivity contribution is -0.124. The van der Waals surface area contributed by atoms with Gasteiger partial charge in [-0.3, -0.25) is 14.4 Å². The number of rotatable bonds is 9. The largest absolute Gasteiger partial charge is 0.483 e. The first-order valence-corrected chi connectivity index (χ1v) is 10.9. The van der Waals surface area contributed by atoms with Gasteiger partial charge in [0.25, 0.3) is 17.7 Å². The molecule has 1 atom stereocenters. The monoisotopic (exact) mass is 542 g/mol. The van der Waals surface area contributed by atoms with Crippen molar-refractivity contribution in [1.29, 1.82) is 0 Å². The molecule has 0 radical (unpaired) electrons. The highest BCUT2D eigenvalue weighted by Gasteiger charge is 2.25. The molecule has 0 aliphatic heterocycles. The van der Waals surface area contributed by atoms with E-state index in [2.05, 4.69) is 31.8 Å². The molecule has 0 aromatic heterocycles. The summed E-state index contributed by atoms with van der Waals surface area (Å²) >= 11 is 15.3. The zero-order chi connectivity index (χ0) is 23.8. The lowest BCUT2D eigenvalue weighted by Gasteiger charge is -2.20. The average molecular weight is 544 g/mol. The maximum absolute atomic E-state index is 12.6. The summed E-state index contributed by atoms with van der Waals surface area (Å²) in [6.45, 7) is 3.34. The van der Waals surface area contributed by atoms with Gasteiger partial charge >= 0.3 is 0 Å². The molecule has 2 aromatic carbocycles. The third kappa shape index (κ3) is 7.51. The maximum Gasteiger partial charge on any atom is 0.262 e. The van der Waals surface area contributed by atoms with E-state index in [4.69, 9.17) is 33.7 Å². The van der Waals surface area contributed by atoms with E-state index in [-0.39, 0.29) is 23.1 Å². The van der Waals surface area contributed by atoms with Gasteiger partial charge in [0.1, 0.15) is 11.8 Å². The molecule has 2 rings (SSSR count). The number of carbonyl (C=O) groups excluding carboxylic acids is 3. The number of hydrogen-bond acceptors (Lipinski definition) is 5. The van der Waals surface area contributed by atoms with Gasteiger partial charge in [0, 0.05) is 5.02 Å². The summed E-state index contributed by atoms with van der Waals surface area (Å²) < 4.78 is 5.83. The third-order valence-electron chi connectivity index (χ3n) is 4.13. The molecule has 0 spiro atoms. The molecule has 0 fully saturated rings. The maximum atomic E-state index is 12.6. The minimum atomic E-state index is -0.845. The predicted octanol–water partition coefficient (Wildman–Crippen LogP) is 3.52. The second-order valence-corrected chi connectivity index (χ2v) is 8.70. The van der Waals surface area contributed by atoms with Gasteiger partial charge in [0.15, 0.2) is 6.61 Å². The molecule has 1 unspecified atom stereocenters. The summed E-state index contributed by atoms with van der Waals surface area (Å²) in [5.41, 5.74) is 8.34. The summed E-state index contributed by atoms with van der Waals surface area (Å²) in [4.78, 5) is 36.0. The molecule has 0 aliphatic carbocycles. The van der Waals surface area contributed by atoms with Gasteiger partial charge in [-0.15, -0.1) is 0 Å². The Hall–Kier alpha value is -2.62. The number of ether oxygens (including phenoxy) is 1. The number of halogens is 3. The number of primary amides is 1. The van der Waals surface area contributed by atoms with Crippen LogP contribution in [0.15, 0.2) is 46.0 Å². The van der Waals surface area contributed by atoms with E-state index in [1.165, 1.54) is 18.3 Å². The summed E-state index contributed by atoms with van der Waals surface area (Å²) in [6, 6.07) is 8.64. The second-order valence-electron chi connectivity index (χ2n) is 7.00. The van der Waals surface area contributed by atoms with Crippen molar-refractivity contribution in [1.82, 2.24) is 10.7 Å². The van der Waals surface area contributed by atoms with E-state index in [0.717, 1.165) is 0 Å². The highest BCUT2D eigenvalue weighted by atomic mass is 79.9. The fraction of sp³-hybridized carbons (Fsp3) is 0.238. The highest BCUT2D eigenvalue weighted by Crippen LogP contribution is 2.25. The molecule has 170 valence electrons. The molecular formula is C21H21BrCl2N4O4. The fourth-order valence-electron chi connectivity index (χ4n) is 2.53. The molecule has 0 saturated heterocycles. The first kappa shape index (κ1) is 25.6. The number of nitrogens with two attached hydrogens (primary N) is 1. The van der Waals surface area contributed by atoms with Crippen LogP contribution in [0, 0.1) is 5.92 Å². The summed E-state index contributed by atoms with van der Waals surface area (Å²) in [6.07, 6.45) is 1.43. The summed E-state index contributed by atoms with van der Waals surface area (Å²) in [5.74, 6) is -1.35. The number of nitrogens with zero attached hydrogens (tertiary/aromatic N) is 1. The number of carbonyl (C=O) groups is 3. The van der Waals surface area contributed by atoms with E-state index in [0.29, 0.717) is 20.8 Å². The van der Waals surface area contributed by atoms with Gasteiger partial charge in [-0.25, -0.2) is 5.43 Å². The van der Waals surface area contributed by atoms with Gasteiger partial charge in [-0.1, -0.05) is 37.0 Å². The van der Waals surface area contributed by atoms with Crippen molar-refractivity contribution in [3.05, 3.63) is 62.0 Å². The van der Waals surface area contributed by atoms with Crippen LogP contribution in [0.3, 0.4) is 0 Å². The molecule has 3 amide bonds. The summed E-state index contributed by atoms with van der Waals surface area (Å²) in [7, 11) is 0. The topological polar surface area (TPSA) is 123 Å². The van der Waals surface area contributed by atoms with Crippen molar-refractivity contribution in [2.24, 2.45) is 16.8 Å². The van der Waals surface area contributed by atoms with Gasteiger partial charge in [0.2, 0.25) is 0 Å². The lowest BCUT2D eigenvalue weighted by atomic mass is 10.0. The smallest absolute Gasteiger partial charge is 0.262 e. The quantitative estimate of drug-likeness (QED) is 0.330. The van der Waals surface area contributed by atoms with Crippen LogP contribution in [0.25, 0.3) is 0 Å². The van der Waals surface area contributed by atoms with Crippen molar-refractivity contribution >= 4 is 63.1 Å². The SMILES string of the molecule is CC(C)C(NC(=O)c1ccc(Cl)cc1Cl)C(=O)NN=Cc1ccc(OCC(N)=O)c(Br)c1. The van der Waals surface area contributed by atoms with E-state index in [1.54, 1.807) is 38.1 Å². The first-order valence-electron chi connectivity index (χ1n) is 9.38. The van der Waals surface area contributed by atoms with Crippen LogP contribution < -0.4 is 21.2 Å². The molecule has 0 aliphatic rings. The van der Waals surface area contributed by atoms with E-state index >= 15 is 0 Å². The molecule has 4 N–H and O–H groups in total. The van der Waals surface area contributed by atoms with Gasteiger partial charge in [0.05, 0.1) is 21.3 Å². The minimum absolute atomic E-state index is 0.185. The fourth-order valence-corrected chi connectivity index (χ4v) is 3.54. The summed E-state index contributed by atoms with van der Waals surface area (Å²) in [5, 5.41) is 7.20. The predicted molar refractivity (Wildman–Crippen MR) is 127 cm³/mol. The van der Waals surface area contributed by atoms with Crippen LogP contribution in [0.5, 0.6) is 5.75 Å². The van der Waals surface area contributed by atoms with Crippen molar-refractivity contribution in [2.45, 2.75) is 19.9 Å². The standard InChI is InChI=1S/C21H21BrCl2N4O4/c1-11(2)19(27-20(30)14-5-4-13(23)8-16(14)24)21(31)28-26-9-12-3-6-17(15(22)7-12)32-10-18(25)29/h3-9,11,19H,10H2,1-2H3,(H2,25,29)(H,27,30)(H,28,31). The number of hydrazone groups is 1. The Kier molecular flexibility index (Phi) is 9.49. The zero-order valence-electron chi connectivity index (χ0n) is 17.2. The molecule has 0 heterocycles. The second kappa shape index (κ2) is 11.8. The molecule has 0 saturated carbocycles. The Morgan fingerprint density at radius 2 is 1.91 bits per heavy atom. The van der Waals surface area contributed by atoms with Crippen LogP contribution in [0.2, 0.25) is 10.0 Å². The molecule has 32 heavy (non-hydrogen) atoms. The first-order chi connectivity index (χ1) is 15.1. The molecular weight excluding hydrogens is 523 g/mol. The number of benzene rings is 2. The minimum Gasteiger partial charge on any atom is -0.483 e. The van der Waals surface area contributed by atoms with Crippen LogP contribution >= 0.6 is 39.1 Å². The van der Waals surface area contributed by atoms with Crippen molar-refractivity contribution in [2.75, 3.05) is 6.61 Å². The van der Waals surface area contributed by atoms with Crippen molar-refractivity contribution in [3.63, 3.8) is 0 Å². The molecule has 0 bridgehead atoms. The number of amides is 3. The van der Waals surface area contributed by atoms with Crippen LogP contribution in [-0.4, -0.2) is 36.6 Å². The zero-order valence-corrected chi connectivity index (χ0v) is 20.3. The molecule has 11 heteroatoms. The van der Waals surface area contributed by atoms with E-state index in [9.17, 15) is 14.4 Å². The molecule has 2 aromatic rings. The van der Waals surface area contributed by atoms with Crippen LogP contribution in [0.1, 0.15) is 29.8 Å². The van der Waals surface area contributed by atoms with Gasteiger partial charge in [-0.05, 0) is 63.8 Å². The van der Waals surface area contributed by atoms with E-state index in [1.807, 2.05) is 0 Å². The van der Waals surface area contributed by atoms with E-state index < -0.39 is 23.8 Å². The Balaban J connectivity index is 2.02. The highest BCUT2D eigenvalue weighted by molar-refractivity contribution is 9.10. The molecule has 8 nitrogen and oxygen atoms in total. The number of hydrogen-bond donors (Lipinski definition) is 3. The normalized spacial score (nSPS) is 11.9. The van der Waals surface area contributed by atoms with Crippen LogP contribution in [-0.2, 0) is 9.59 Å². The Morgan fingerprint density at radius 3 is 2.50 bits per heavy atom. The van der Waals surface area contributed by atoms with Gasteiger partial charge in [-0.2, -0.15) is 5.10 Å². The van der Waals surface area contributed by atoms with Gasteiger partial charge < -0.3 is 15.8 Å². The third-order valence-corrected chi connectivity index (χ3v) is 5.29. The van der Waals surface area contributed by atoms with Crippen LogP contribution in [0.4, 0.5) is 0 Å². The Bertz CT molecular complexity index is 1050. The lowest BCUT2D eigenvalue weighted by Crippen LogP contribution is -2.48. The van der Waals surface area contributed by atoms with Crippen molar-refractivity contribution in [3.8, 4) is 5.75 Å². The Labute approximate surface area is 203 Å². The Morgan fingerprint density at radius 1 is 1.19 bits per heavy atom.